The first-order chi connectivity index (χ1) is 8.16. The van der Waals surface area contributed by atoms with E-state index in [1.807, 2.05) is 31.0 Å². The lowest BCUT2D eigenvalue weighted by molar-refractivity contribution is 0.0769. The quantitative estimate of drug-likeness (QED) is 0.894. The largest absolute Gasteiger partial charge is 0.341 e. The fourth-order valence-electron chi connectivity index (χ4n) is 2.29. The van der Waals surface area contributed by atoms with Crippen molar-refractivity contribution in [1.82, 2.24) is 10.2 Å². The normalized spacial score (nSPS) is 20.2. The zero-order valence-electron chi connectivity index (χ0n) is 10.5. The molecule has 17 heavy (non-hydrogen) atoms. The highest BCUT2D eigenvalue weighted by atomic mass is 32.1. The van der Waals surface area contributed by atoms with Gasteiger partial charge in [0.25, 0.3) is 5.91 Å². The van der Waals surface area contributed by atoms with Gasteiger partial charge in [0.2, 0.25) is 0 Å². The van der Waals surface area contributed by atoms with E-state index < -0.39 is 0 Å². The monoisotopic (exact) mass is 252 g/mol. The second kappa shape index (κ2) is 5.65. The number of hydrogen-bond acceptors (Lipinski definition) is 3. The Morgan fingerprint density at radius 3 is 3.00 bits per heavy atom. The van der Waals surface area contributed by atoms with E-state index in [1.54, 1.807) is 11.3 Å². The summed E-state index contributed by atoms with van der Waals surface area (Å²) in [6.07, 6.45) is 2.46. The maximum absolute atomic E-state index is 12.1. The lowest BCUT2D eigenvalue weighted by Gasteiger charge is -2.27. The minimum atomic E-state index is 0.161. The van der Waals surface area contributed by atoms with Crippen LogP contribution in [-0.2, 0) is 0 Å². The van der Waals surface area contributed by atoms with E-state index >= 15 is 0 Å². The van der Waals surface area contributed by atoms with Gasteiger partial charge in [-0.1, -0.05) is 0 Å². The molecule has 1 unspecified atom stereocenters. The van der Waals surface area contributed by atoms with Gasteiger partial charge in [0.15, 0.2) is 0 Å². The molecule has 0 spiro atoms. The highest BCUT2D eigenvalue weighted by molar-refractivity contribution is 7.13. The maximum Gasteiger partial charge on any atom is 0.263 e. The third-order valence-corrected chi connectivity index (χ3v) is 4.22. The molecule has 1 fully saturated rings. The predicted molar refractivity (Wildman–Crippen MR) is 71.6 cm³/mol. The van der Waals surface area contributed by atoms with Crippen molar-refractivity contribution in [3.63, 3.8) is 0 Å². The first kappa shape index (κ1) is 12.6. The number of aryl methyl sites for hydroxylation is 1. The summed E-state index contributed by atoms with van der Waals surface area (Å²) in [7, 11) is 1.91. The Morgan fingerprint density at radius 1 is 1.59 bits per heavy atom. The van der Waals surface area contributed by atoms with Gasteiger partial charge in [0.1, 0.15) is 0 Å². The Balaban J connectivity index is 1.90. The van der Waals surface area contributed by atoms with Crippen molar-refractivity contribution in [2.75, 3.05) is 26.7 Å². The van der Waals surface area contributed by atoms with Crippen LogP contribution >= 0.6 is 11.3 Å². The van der Waals surface area contributed by atoms with Crippen LogP contribution in [-0.4, -0.2) is 37.5 Å². The smallest absolute Gasteiger partial charge is 0.263 e. The molecule has 1 amide bonds. The van der Waals surface area contributed by atoms with Gasteiger partial charge in [0.05, 0.1) is 4.88 Å². The van der Waals surface area contributed by atoms with Crippen molar-refractivity contribution >= 4 is 17.2 Å². The first-order valence-corrected chi connectivity index (χ1v) is 7.01. The van der Waals surface area contributed by atoms with Crippen LogP contribution in [0, 0.1) is 12.8 Å². The highest BCUT2D eigenvalue weighted by Crippen LogP contribution is 2.18. The Hall–Kier alpha value is -0.870. The van der Waals surface area contributed by atoms with Crippen LogP contribution in [0.2, 0.25) is 0 Å². The maximum atomic E-state index is 12.1. The molecule has 94 valence electrons. The molecular formula is C13H20N2OS. The van der Waals surface area contributed by atoms with Gasteiger partial charge in [-0.25, -0.2) is 0 Å². The van der Waals surface area contributed by atoms with E-state index in [-0.39, 0.29) is 5.91 Å². The average molecular weight is 252 g/mol. The summed E-state index contributed by atoms with van der Waals surface area (Å²) in [4.78, 5) is 16.1. The van der Waals surface area contributed by atoms with Crippen LogP contribution in [0.1, 0.15) is 27.4 Å². The molecule has 2 rings (SSSR count). The summed E-state index contributed by atoms with van der Waals surface area (Å²) < 4.78 is 0. The van der Waals surface area contributed by atoms with Crippen LogP contribution in [0.25, 0.3) is 0 Å². The molecule has 4 heteroatoms. The van der Waals surface area contributed by atoms with Crippen LogP contribution in [0.3, 0.4) is 0 Å². The molecule has 1 aromatic heterocycles. The molecule has 2 heterocycles. The van der Waals surface area contributed by atoms with Gasteiger partial charge in [-0.15, -0.1) is 11.3 Å². The Morgan fingerprint density at radius 2 is 2.41 bits per heavy atom. The molecule has 0 aromatic carbocycles. The van der Waals surface area contributed by atoms with Crippen LogP contribution in [0.4, 0.5) is 0 Å². The van der Waals surface area contributed by atoms with Crippen molar-refractivity contribution in [1.29, 1.82) is 0 Å². The van der Waals surface area contributed by atoms with Crippen LogP contribution in [0.15, 0.2) is 12.1 Å². The third kappa shape index (κ3) is 3.30. The van der Waals surface area contributed by atoms with Gasteiger partial charge in [-0.3, -0.25) is 4.79 Å². The number of thiophene rings is 1. The van der Waals surface area contributed by atoms with E-state index in [0.717, 1.165) is 24.5 Å². The van der Waals surface area contributed by atoms with Crippen LogP contribution < -0.4 is 5.32 Å². The molecule has 1 aliphatic rings. The molecule has 1 aliphatic heterocycles. The fraction of sp³-hybridized carbons (Fsp3) is 0.615. The first-order valence-electron chi connectivity index (χ1n) is 6.19. The molecule has 0 bridgehead atoms. The van der Waals surface area contributed by atoms with Crippen molar-refractivity contribution in [3.05, 3.63) is 21.9 Å². The number of carbonyl (C=O) groups is 1. The number of carbonyl (C=O) groups excluding carboxylic acids is 1. The summed E-state index contributed by atoms with van der Waals surface area (Å²) in [6, 6.07) is 3.94. The highest BCUT2D eigenvalue weighted by Gasteiger charge is 2.19. The zero-order valence-corrected chi connectivity index (χ0v) is 11.3. The summed E-state index contributed by atoms with van der Waals surface area (Å²) in [5.74, 6) is 0.771. The van der Waals surface area contributed by atoms with E-state index in [9.17, 15) is 4.79 Å². The van der Waals surface area contributed by atoms with E-state index in [0.29, 0.717) is 5.92 Å². The Bertz CT molecular complexity index is 383. The fourth-order valence-corrected chi connectivity index (χ4v) is 3.15. The molecule has 1 aromatic rings. The molecular weight excluding hydrogens is 232 g/mol. The second-order valence-electron chi connectivity index (χ2n) is 4.81. The Kier molecular flexibility index (Phi) is 4.18. The van der Waals surface area contributed by atoms with Crippen molar-refractivity contribution in [3.8, 4) is 0 Å². The van der Waals surface area contributed by atoms with E-state index in [1.165, 1.54) is 17.7 Å². The number of nitrogens with one attached hydrogen (secondary N) is 1. The number of piperidine rings is 1. The van der Waals surface area contributed by atoms with Crippen molar-refractivity contribution in [2.45, 2.75) is 19.8 Å². The lowest BCUT2D eigenvalue weighted by Crippen LogP contribution is -2.38. The third-order valence-electron chi connectivity index (χ3n) is 3.23. The molecule has 3 nitrogen and oxygen atoms in total. The molecule has 0 radical (unpaired) electrons. The number of nitrogens with zero attached hydrogens (tertiary/aromatic N) is 1. The summed E-state index contributed by atoms with van der Waals surface area (Å²) in [6.45, 7) is 5.06. The molecule has 1 atom stereocenters. The van der Waals surface area contributed by atoms with Crippen LogP contribution in [0.5, 0.6) is 0 Å². The van der Waals surface area contributed by atoms with E-state index in [4.69, 9.17) is 0 Å². The van der Waals surface area contributed by atoms with Gasteiger partial charge in [-0.2, -0.15) is 0 Å². The Labute approximate surface area is 107 Å². The molecule has 1 N–H and O–H groups in total. The average Bonchev–Trinajstić information content (AvgIpc) is 2.76. The van der Waals surface area contributed by atoms with Gasteiger partial charge < -0.3 is 10.2 Å². The molecule has 0 aliphatic carbocycles. The minimum Gasteiger partial charge on any atom is -0.341 e. The van der Waals surface area contributed by atoms with Crippen molar-refractivity contribution in [2.24, 2.45) is 5.92 Å². The standard InChI is InChI=1S/C13H20N2OS/c1-10-5-6-12(17-10)13(16)15(2)9-11-4-3-7-14-8-11/h5-6,11,14H,3-4,7-9H2,1-2H3. The second-order valence-corrected chi connectivity index (χ2v) is 6.10. The van der Waals surface area contributed by atoms with Crippen molar-refractivity contribution < 1.29 is 4.79 Å². The zero-order chi connectivity index (χ0) is 12.3. The van der Waals surface area contributed by atoms with Gasteiger partial charge >= 0.3 is 0 Å². The van der Waals surface area contributed by atoms with E-state index in [2.05, 4.69) is 5.32 Å². The number of amides is 1. The van der Waals surface area contributed by atoms with Gasteiger partial charge in [-0.05, 0) is 50.9 Å². The summed E-state index contributed by atoms with van der Waals surface area (Å²) >= 11 is 1.58. The topological polar surface area (TPSA) is 32.3 Å². The van der Waals surface area contributed by atoms with Gasteiger partial charge in [0, 0.05) is 18.5 Å². The summed E-state index contributed by atoms with van der Waals surface area (Å²) in [5.41, 5.74) is 0. The molecule has 0 saturated carbocycles. The number of rotatable bonds is 3. The molecule has 1 saturated heterocycles. The minimum absolute atomic E-state index is 0.161. The number of hydrogen-bond donors (Lipinski definition) is 1. The SMILES string of the molecule is Cc1ccc(C(=O)N(C)CC2CCCNC2)s1. The lowest BCUT2D eigenvalue weighted by atomic mass is 9.99. The summed E-state index contributed by atoms with van der Waals surface area (Å²) in [5, 5.41) is 3.39. The predicted octanol–water partition coefficient (Wildman–Crippen LogP) is 2.13.